The van der Waals surface area contributed by atoms with Gasteiger partial charge in [-0.25, -0.2) is 0 Å². The number of hydrogen-bond donors (Lipinski definition) is 0. The summed E-state index contributed by atoms with van der Waals surface area (Å²) < 4.78 is 0. The molecule has 0 saturated heterocycles. The molecule has 0 bridgehead atoms. The molecule has 18 heavy (non-hydrogen) atoms. The van der Waals surface area contributed by atoms with Crippen LogP contribution in [-0.2, 0) is 5.41 Å². The van der Waals surface area contributed by atoms with Crippen molar-refractivity contribution in [2.24, 2.45) is 0 Å². The molecular formula is C17H15N. The van der Waals surface area contributed by atoms with Crippen molar-refractivity contribution in [1.29, 1.82) is 5.26 Å². The van der Waals surface area contributed by atoms with Gasteiger partial charge in [0.2, 0.25) is 0 Å². The summed E-state index contributed by atoms with van der Waals surface area (Å²) in [6.45, 7) is 0. The molecular weight excluding hydrogens is 218 g/mol. The van der Waals surface area contributed by atoms with Gasteiger partial charge in [-0.2, -0.15) is 5.26 Å². The Balaban J connectivity index is 2.13. The lowest BCUT2D eigenvalue weighted by molar-refractivity contribution is 0.496. The van der Waals surface area contributed by atoms with E-state index in [9.17, 15) is 5.26 Å². The Morgan fingerprint density at radius 3 is 2.56 bits per heavy atom. The Morgan fingerprint density at radius 1 is 1.00 bits per heavy atom. The van der Waals surface area contributed by atoms with Crippen molar-refractivity contribution >= 4 is 10.8 Å². The average Bonchev–Trinajstić information content (AvgIpc) is 2.47. The minimum Gasteiger partial charge on any atom is -0.197 e. The number of rotatable bonds is 1. The number of nitrogens with zero attached hydrogens (tertiary/aromatic N) is 1. The van der Waals surface area contributed by atoms with E-state index in [0.29, 0.717) is 0 Å². The van der Waals surface area contributed by atoms with Gasteiger partial charge < -0.3 is 0 Å². The number of hydrogen-bond acceptors (Lipinski definition) is 1. The number of fused-ring (bicyclic) bond motifs is 1. The molecule has 0 spiro atoms. The highest BCUT2D eigenvalue weighted by atomic mass is 14.4. The van der Waals surface area contributed by atoms with E-state index in [4.69, 9.17) is 0 Å². The largest absolute Gasteiger partial charge is 0.197 e. The molecule has 0 aliphatic heterocycles. The normalized spacial score (nSPS) is 22.8. The van der Waals surface area contributed by atoms with Gasteiger partial charge in [-0.3, -0.25) is 0 Å². The summed E-state index contributed by atoms with van der Waals surface area (Å²) in [5, 5.41) is 12.0. The molecule has 1 unspecified atom stereocenters. The third-order valence-electron chi connectivity index (χ3n) is 3.89. The van der Waals surface area contributed by atoms with Gasteiger partial charge >= 0.3 is 0 Å². The van der Waals surface area contributed by atoms with E-state index in [1.807, 2.05) is 12.1 Å². The molecule has 0 saturated carbocycles. The van der Waals surface area contributed by atoms with Crippen LogP contribution < -0.4 is 0 Å². The highest BCUT2D eigenvalue weighted by Crippen LogP contribution is 2.37. The van der Waals surface area contributed by atoms with Gasteiger partial charge in [0.1, 0.15) is 0 Å². The lowest BCUT2D eigenvalue weighted by Gasteiger charge is -2.28. The van der Waals surface area contributed by atoms with Gasteiger partial charge in [-0.05, 0) is 41.7 Å². The molecule has 1 heteroatoms. The van der Waals surface area contributed by atoms with Crippen LogP contribution in [0.15, 0.2) is 54.6 Å². The van der Waals surface area contributed by atoms with E-state index in [1.54, 1.807) is 0 Å². The van der Waals surface area contributed by atoms with Crippen LogP contribution in [0.1, 0.15) is 24.8 Å². The van der Waals surface area contributed by atoms with Gasteiger partial charge in [-0.15, -0.1) is 0 Å². The third kappa shape index (κ3) is 1.71. The SMILES string of the molecule is N#CC1(c2ccc3ccccc3c2)CC=CCC1. The lowest BCUT2D eigenvalue weighted by Crippen LogP contribution is -2.25. The zero-order chi connectivity index (χ0) is 12.4. The molecule has 0 fully saturated rings. The summed E-state index contributed by atoms with van der Waals surface area (Å²) in [5.41, 5.74) is 0.840. The number of allylic oxidation sites excluding steroid dienone is 2. The lowest BCUT2D eigenvalue weighted by atomic mass is 9.72. The molecule has 3 rings (SSSR count). The van der Waals surface area contributed by atoms with E-state index in [2.05, 4.69) is 48.6 Å². The second-order valence-electron chi connectivity index (χ2n) is 4.97. The first-order valence-electron chi connectivity index (χ1n) is 6.40. The molecule has 0 aromatic heterocycles. The van der Waals surface area contributed by atoms with Gasteiger partial charge in [0.05, 0.1) is 11.5 Å². The van der Waals surface area contributed by atoms with Crippen LogP contribution >= 0.6 is 0 Å². The smallest absolute Gasteiger partial charge is 0.0859 e. The van der Waals surface area contributed by atoms with Crippen molar-refractivity contribution in [1.82, 2.24) is 0 Å². The van der Waals surface area contributed by atoms with Crippen LogP contribution in [0.3, 0.4) is 0 Å². The zero-order valence-corrected chi connectivity index (χ0v) is 10.3. The molecule has 0 amide bonds. The van der Waals surface area contributed by atoms with E-state index >= 15 is 0 Å². The fourth-order valence-electron chi connectivity index (χ4n) is 2.75. The molecule has 88 valence electrons. The molecule has 1 nitrogen and oxygen atoms in total. The maximum absolute atomic E-state index is 9.58. The van der Waals surface area contributed by atoms with Gasteiger partial charge in [-0.1, -0.05) is 48.6 Å². The second-order valence-corrected chi connectivity index (χ2v) is 4.97. The van der Waals surface area contributed by atoms with E-state index in [1.165, 1.54) is 10.8 Å². The molecule has 0 radical (unpaired) electrons. The summed E-state index contributed by atoms with van der Waals surface area (Å²) in [6, 6.07) is 17.3. The molecule has 1 atom stereocenters. The molecule has 1 aliphatic carbocycles. The van der Waals surface area contributed by atoms with Crippen LogP contribution in [-0.4, -0.2) is 0 Å². The van der Waals surface area contributed by atoms with Gasteiger partial charge in [0.25, 0.3) is 0 Å². The first kappa shape index (κ1) is 11.0. The highest BCUT2D eigenvalue weighted by molar-refractivity contribution is 5.83. The molecule has 1 aliphatic rings. The van der Waals surface area contributed by atoms with Crippen LogP contribution in [0.25, 0.3) is 10.8 Å². The monoisotopic (exact) mass is 233 g/mol. The Hall–Kier alpha value is -2.07. The van der Waals surface area contributed by atoms with Crippen LogP contribution in [0.4, 0.5) is 0 Å². The fraction of sp³-hybridized carbons (Fsp3) is 0.235. The fourth-order valence-corrected chi connectivity index (χ4v) is 2.75. The second kappa shape index (κ2) is 4.31. The van der Waals surface area contributed by atoms with Crippen molar-refractivity contribution in [3.63, 3.8) is 0 Å². The summed E-state index contributed by atoms with van der Waals surface area (Å²) in [6.07, 6.45) is 7.08. The van der Waals surface area contributed by atoms with E-state index in [-0.39, 0.29) is 5.41 Å². The maximum atomic E-state index is 9.58. The first-order chi connectivity index (χ1) is 8.84. The highest BCUT2D eigenvalue weighted by Gasteiger charge is 2.32. The number of benzene rings is 2. The molecule has 0 N–H and O–H groups in total. The van der Waals surface area contributed by atoms with Gasteiger partial charge in [0.15, 0.2) is 0 Å². The summed E-state index contributed by atoms with van der Waals surface area (Å²) in [5.74, 6) is 0. The standard InChI is InChI=1S/C17H15N/c18-13-17(10-4-1-5-11-17)16-9-8-14-6-2-3-7-15(14)12-16/h1-4,6-9,12H,5,10-11H2. The van der Waals surface area contributed by atoms with Crippen molar-refractivity contribution in [2.45, 2.75) is 24.7 Å². The molecule has 2 aromatic carbocycles. The zero-order valence-electron chi connectivity index (χ0n) is 10.3. The van der Waals surface area contributed by atoms with Crippen LogP contribution in [0, 0.1) is 11.3 Å². The minimum atomic E-state index is -0.321. The van der Waals surface area contributed by atoms with E-state index in [0.717, 1.165) is 24.8 Å². The Kier molecular flexibility index (Phi) is 2.64. The van der Waals surface area contributed by atoms with Crippen molar-refractivity contribution in [3.8, 4) is 6.07 Å². The van der Waals surface area contributed by atoms with Crippen LogP contribution in [0.2, 0.25) is 0 Å². The minimum absolute atomic E-state index is 0.321. The topological polar surface area (TPSA) is 23.8 Å². The maximum Gasteiger partial charge on any atom is 0.0859 e. The Labute approximate surface area is 107 Å². The predicted octanol–water partition coefficient (Wildman–Crippen LogP) is 4.34. The van der Waals surface area contributed by atoms with Crippen molar-refractivity contribution in [2.75, 3.05) is 0 Å². The summed E-state index contributed by atoms with van der Waals surface area (Å²) in [7, 11) is 0. The summed E-state index contributed by atoms with van der Waals surface area (Å²) >= 11 is 0. The number of nitriles is 1. The van der Waals surface area contributed by atoms with Gasteiger partial charge in [0, 0.05) is 0 Å². The van der Waals surface area contributed by atoms with E-state index < -0.39 is 0 Å². The van der Waals surface area contributed by atoms with Crippen molar-refractivity contribution < 1.29 is 0 Å². The predicted molar refractivity (Wildman–Crippen MR) is 74.2 cm³/mol. The summed E-state index contributed by atoms with van der Waals surface area (Å²) in [4.78, 5) is 0. The first-order valence-corrected chi connectivity index (χ1v) is 6.40. The Morgan fingerprint density at radius 2 is 1.83 bits per heavy atom. The Bertz CT molecular complexity index is 648. The molecule has 2 aromatic rings. The molecule has 0 heterocycles. The third-order valence-corrected chi connectivity index (χ3v) is 3.89. The average molecular weight is 233 g/mol. The van der Waals surface area contributed by atoms with Crippen LogP contribution in [0.5, 0.6) is 0 Å². The van der Waals surface area contributed by atoms with Crippen molar-refractivity contribution in [3.05, 3.63) is 60.2 Å². The quantitative estimate of drug-likeness (QED) is 0.672.